The summed E-state index contributed by atoms with van der Waals surface area (Å²) in [6, 6.07) is 15.3. The zero-order valence-corrected chi connectivity index (χ0v) is 13.1. The fourth-order valence-electron chi connectivity index (χ4n) is 2.46. The lowest BCUT2D eigenvalue weighted by Crippen LogP contribution is -2.30. The van der Waals surface area contributed by atoms with E-state index in [1.807, 2.05) is 48.5 Å². The number of hydrogen-bond acceptors (Lipinski definition) is 4. The van der Waals surface area contributed by atoms with E-state index in [4.69, 9.17) is 4.74 Å². The van der Waals surface area contributed by atoms with Crippen molar-refractivity contribution in [2.45, 2.75) is 13.1 Å². The third-order valence-electron chi connectivity index (χ3n) is 3.73. The number of likely N-dealkylation sites (N-methyl/N-ethyl adjacent to an activating group) is 1. The molecule has 118 valence electrons. The van der Waals surface area contributed by atoms with Gasteiger partial charge in [-0.05, 0) is 18.2 Å². The van der Waals surface area contributed by atoms with E-state index in [2.05, 4.69) is 10.3 Å². The van der Waals surface area contributed by atoms with Crippen LogP contribution in [0.15, 0.2) is 48.5 Å². The maximum Gasteiger partial charge on any atom is 0.244 e. The Hall–Kier alpha value is -2.89. The van der Waals surface area contributed by atoms with Gasteiger partial charge in [-0.2, -0.15) is 0 Å². The topological polar surface area (TPSA) is 60.2 Å². The van der Waals surface area contributed by atoms with Gasteiger partial charge in [0.05, 0.1) is 12.6 Å². The summed E-state index contributed by atoms with van der Waals surface area (Å²) >= 11 is 0. The van der Waals surface area contributed by atoms with Crippen molar-refractivity contribution in [3.8, 4) is 5.75 Å². The van der Waals surface area contributed by atoms with Crippen LogP contribution in [0.5, 0.6) is 5.75 Å². The molecule has 2 aromatic carbocycles. The molecule has 23 heavy (non-hydrogen) atoms. The van der Waals surface area contributed by atoms with Crippen LogP contribution in [0.4, 0.5) is 0 Å². The van der Waals surface area contributed by atoms with Gasteiger partial charge in [0.2, 0.25) is 5.91 Å². The molecule has 0 saturated carbocycles. The molecule has 0 fully saturated rings. The fraction of sp³-hybridized carbons (Fsp3) is 0.235. The number of nitrogens with zero attached hydrogens (tertiary/aromatic N) is 4. The van der Waals surface area contributed by atoms with Crippen LogP contribution in [-0.2, 0) is 17.9 Å². The average Bonchev–Trinajstić information content (AvgIpc) is 2.98. The molecule has 6 heteroatoms. The first kappa shape index (κ1) is 15.0. The fourth-order valence-corrected chi connectivity index (χ4v) is 2.46. The molecule has 1 heterocycles. The lowest BCUT2D eigenvalue weighted by Gasteiger charge is -2.18. The molecule has 0 N–H and O–H groups in total. The lowest BCUT2D eigenvalue weighted by molar-refractivity contribution is -0.131. The Morgan fingerprint density at radius 1 is 1.17 bits per heavy atom. The monoisotopic (exact) mass is 310 g/mol. The zero-order valence-electron chi connectivity index (χ0n) is 13.1. The summed E-state index contributed by atoms with van der Waals surface area (Å²) in [6.07, 6.45) is 0. The highest BCUT2D eigenvalue weighted by atomic mass is 16.5. The number of rotatable bonds is 5. The van der Waals surface area contributed by atoms with Crippen LogP contribution in [0, 0.1) is 0 Å². The SMILES string of the molecule is COc1ccccc1CN(C)C(=O)Cn1nnc2ccccc21. The molecule has 0 radical (unpaired) electrons. The van der Waals surface area contributed by atoms with Crippen LogP contribution < -0.4 is 4.74 Å². The van der Waals surface area contributed by atoms with E-state index in [-0.39, 0.29) is 12.5 Å². The Labute approximate surface area is 134 Å². The summed E-state index contributed by atoms with van der Waals surface area (Å²) in [6.45, 7) is 0.641. The van der Waals surface area contributed by atoms with Gasteiger partial charge in [0.25, 0.3) is 0 Å². The van der Waals surface area contributed by atoms with Crippen molar-refractivity contribution in [3.05, 3.63) is 54.1 Å². The number of carbonyl (C=O) groups is 1. The van der Waals surface area contributed by atoms with Crippen molar-refractivity contribution in [2.24, 2.45) is 0 Å². The molecule has 6 nitrogen and oxygen atoms in total. The Bertz CT molecular complexity index is 828. The van der Waals surface area contributed by atoms with Crippen molar-refractivity contribution < 1.29 is 9.53 Å². The Morgan fingerprint density at radius 2 is 1.91 bits per heavy atom. The van der Waals surface area contributed by atoms with E-state index in [1.165, 1.54) is 0 Å². The predicted octanol–water partition coefficient (Wildman–Crippen LogP) is 2.10. The average molecular weight is 310 g/mol. The summed E-state index contributed by atoms with van der Waals surface area (Å²) in [5.41, 5.74) is 2.61. The molecular weight excluding hydrogens is 292 g/mol. The number of ether oxygens (including phenoxy) is 1. The molecular formula is C17H18N4O2. The van der Waals surface area contributed by atoms with Crippen LogP contribution in [0.1, 0.15) is 5.56 Å². The van der Waals surface area contributed by atoms with E-state index < -0.39 is 0 Å². The molecule has 3 rings (SSSR count). The quantitative estimate of drug-likeness (QED) is 0.724. The summed E-state index contributed by atoms with van der Waals surface area (Å²) in [5.74, 6) is 0.741. The van der Waals surface area contributed by atoms with E-state index in [0.29, 0.717) is 6.54 Å². The molecule has 0 saturated heterocycles. The number of amides is 1. The van der Waals surface area contributed by atoms with Gasteiger partial charge in [-0.25, -0.2) is 4.68 Å². The molecule has 0 unspecified atom stereocenters. The van der Waals surface area contributed by atoms with Crippen molar-refractivity contribution in [1.82, 2.24) is 19.9 Å². The maximum absolute atomic E-state index is 12.5. The molecule has 0 aliphatic rings. The third-order valence-corrected chi connectivity index (χ3v) is 3.73. The number of aromatic nitrogens is 3. The van der Waals surface area contributed by atoms with Crippen LogP contribution in [-0.4, -0.2) is 40.0 Å². The Kier molecular flexibility index (Phi) is 4.23. The number of methoxy groups -OCH3 is 1. The van der Waals surface area contributed by atoms with E-state index in [1.54, 1.807) is 23.7 Å². The van der Waals surface area contributed by atoms with Crippen molar-refractivity contribution in [2.75, 3.05) is 14.2 Å². The third kappa shape index (κ3) is 3.15. The number of fused-ring (bicyclic) bond motifs is 1. The van der Waals surface area contributed by atoms with Gasteiger partial charge in [-0.3, -0.25) is 4.79 Å². The first-order valence-electron chi connectivity index (χ1n) is 7.33. The van der Waals surface area contributed by atoms with E-state index >= 15 is 0 Å². The molecule has 0 atom stereocenters. The van der Waals surface area contributed by atoms with Gasteiger partial charge < -0.3 is 9.64 Å². The smallest absolute Gasteiger partial charge is 0.244 e. The Balaban J connectivity index is 1.73. The summed E-state index contributed by atoms with van der Waals surface area (Å²) < 4.78 is 6.95. The normalized spacial score (nSPS) is 10.7. The van der Waals surface area contributed by atoms with E-state index in [0.717, 1.165) is 22.3 Å². The first-order valence-corrected chi connectivity index (χ1v) is 7.33. The largest absolute Gasteiger partial charge is 0.496 e. The van der Waals surface area contributed by atoms with Gasteiger partial charge in [-0.15, -0.1) is 5.10 Å². The van der Waals surface area contributed by atoms with Crippen LogP contribution in [0.2, 0.25) is 0 Å². The Morgan fingerprint density at radius 3 is 2.74 bits per heavy atom. The molecule has 0 bridgehead atoms. The standard InChI is InChI=1S/C17H18N4O2/c1-20(11-13-7-3-6-10-16(13)23-2)17(22)12-21-15-9-5-4-8-14(15)18-19-21/h3-10H,11-12H2,1-2H3. The number of benzene rings is 2. The molecule has 3 aromatic rings. The molecule has 0 spiro atoms. The van der Waals surface area contributed by atoms with Crippen molar-refractivity contribution in [3.63, 3.8) is 0 Å². The van der Waals surface area contributed by atoms with Gasteiger partial charge in [0.1, 0.15) is 17.8 Å². The second-order valence-electron chi connectivity index (χ2n) is 5.30. The van der Waals surface area contributed by atoms with Gasteiger partial charge in [0.15, 0.2) is 0 Å². The maximum atomic E-state index is 12.5. The van der Waals surface area contributed by atoms with Crippen molar-refractivity contribution >= 4 is 16.9 Å². The highest BCUT2D eigenvalue weighted by Gasteiger charge is 2.14. The highest BCUT2D eigenvalue weighted by Crippen LogP contribution is 2.19. The van der Waals surface area contributed by atoms with Gasteiger partial charge in [-0.1, -0.05) is 35.5 Å². The number of hydrogen-bond donors (Lipinski definition) is 0. The van der Waals surface area contributed by atoms with E-state index in [9.17, 15) is 4.79 Å². The first-order chi connectivity index (χ1) is 11.2. The number of carbonyl (C=O) groups excluding carboxylic acids is 1. The molecule has 0 aliphatic heterocycles. The second-order valence-corrected chi connectivity index (χ2v) is 5.30. The minimum atomic E-state index is -0.0356. The lowest BCUT2D eigenvalue weighted by atomic mass is 10.2. The number of para-hydroxylation sites is 2. The highest BCUT2D eigenvalue weighted by molar-refractivity contribution is 5.79. The predicted molar refractivity (Wildman–Crippen MR) is 87.0 cm³/mol. The second kappa shape index (κ2) is 6.48. The van der Waals surface area contributed by atoms with Gasteiger partial charge in [0, 0.05) is 19.2 Å². The molecule has 1 amide bonds. The van der Waals surface area contributed by atoms with Crippen LogP contribution >= 0.6 is 0 Å². The van der Waals surface area contributed by atoms with Gasteiger partial charge >= 0.3 is 0 Å². The van der Waals surface area contributed by atoms with Crippen LogP contribution in [0.25, 0.3) is 11.0 Å². The van der Waals surface area contributed by atoms with Crippen molar-refractivity contribution in [1.29, 1.82) is 0 Å². The minimum Gasteiger partial charge on any atom is -0.496 e. The molecule has 0 aliphatic carbocycles. The summed E-state index contributed by atoms with van der Waals surface area (Å²) in [7, 11) is 3.40. The summed E-state index contributed by atoms with van der Waals surface area (Å²) in [5, 5.41) is 8.12. The molecule has 1 aromatic heterocycles. The minimum absolute atomic E-state index is 0.0356. The summed E-state index contributed by atoms with van der Waals surface area (Å²) in [4.78, 5) is 14.1. The van der Waals surface area contributed by atoms with Crippen LogP contribution in [0.3, 0.4) is 0 Å². The zero-order chi connectivity index (χ0) is 16.2.